The van der Waals surface area contributed by atoms with Crippen molar-refractivity contribution in [1.29, 1.82) is 0 Å². The van der Waals surface area contributed by atoms with Gasteiger partial charge < -0.3 is 99.2 Å². The molecule has 0 saturated heterocycles. The lowest BCUT2D eigenvalue weighted by atomic mass is 10.00. The third-order valence-corrected chi connectivity index (χ3v) is 11.8. The Kier molecular flexibility index (Phi) is 35.0. The molecular weight excluding hydrogens is 1060 g/mol. The Hall–Kier alpha value is -7.71. The van der Waals surface area contributed by atoms with Gasteiger partial charge >= 0.3 is 5.97 Å². The lowest BCUT2D eigenvalue weighted by Gasteiger charge is -2.28. The fourth-order valence-corrected chi connectivity index (χ4v) is 7.74. The number of guanidine groups is 3. The van der Waals surface area contributed by atoms with Crippen molar-refractivity contribution in [3.63, 3.8) is 0 Å². The van der Waals surface area contributed by atoms with E-state index in [4.69, 9.17) is 51.6 Å². The summed E-state index contributed by atoms with van der Waals surface area (Å²) >= 11 is 1.29. The number of rotatable bonds is 41. The molecule has 0 aliphatic rings. The summed E-state index contributed by atoms with van der Waals surface area (Å²) < 4.78 is 0. The molecule has 0 heterocycles. The van der Waals surface area contributed by atoms with E-state index >= 15 is 0 Å². The van der Waals surface area contributed by atoms with E-state index in [9.17, 15) is 57.8 Å². The number of nitrogens with zero attached hydrogens (tertiary/aromatic N) is 3. The number of carboxylic acid groups (broad SMARTS) is 1. The number of thioether (sulfide) groups is 1. The number of nitrogens with one attached hydrogen (secondary N) is 8. The van der Waals surface area contributed by atoms with Gasteiger partial charge in [0, 0.05) is 26.1 Å². The van der Waals surface area contributed by atoms with Crippen molar-refractivity contribution in [3.05, 3.63) is 0 Å². The van der Waals surface area contributed by atoms with Crippen LogP contribution in [0.5, 0.6) is 0 Å². The fraction of sp³-hybridized carbons (Fsp3) is 0.696. The number of amides is 10. The minimum Gasteiger partial charge on any atom is -0.480 e. The van der Waals surface area contributed by atoms with E-state index in [1.807, 2.05) is 27.7 Å². The van der Waals surface area contributed by atoms with Gasteiger partial charge in [-0.15, -0.1) is 0 Å². The van der Waals surface area contributed by atoms with E-state index in [0.717, 1.165) is 0 Å². The second kappa shape index (κ2) is 38.8. The van der Waals surface area contributed by atoms with Crippen molar-refractivity contribution in [1.82, 2.24) is 42.5 Å². The molecule has 0 saturated carbocycles. The largest absolute Gasteiger partial charge is 0.480 e. The zero-order valence-electron chi connectivity index (χ0n) is 45.7. The highest BCUT2D eigenvalue weighted by Crippen LogP contribution is 2.12. The minimum atomic E-state index is -1.85. The molecule has 0 fully saturated rings. The van der Waals surface area contributed by atoms with Crippen LogP contribution in [0.15, 0.2) is 15.0 Å². The molecule has 10 amide bonds. The molecule has 0 aliphatic heterocycles. The Morgan fingerprint density at radius 3 is 1.23 bits per heavy atom. The van der Waals surface area contributed by atoms with E-state index in [1.165, 1.54) is 11.8 Å². The highest BCUT2D eigenvalue weighted by atomic mass is 32.2. The number of carboxylic acids is 1. The average molecular weight is 1140 g/mol. The molecule has 0 radical (unpaired) electrons. The van der Waals surface area contributed by atoms with Crippen LogP contribution in [0.2, 0.25) is 0 Å². The first-order valence-corrected chi connectivity index (χ1v) is 27.0. The van der Waals surface area contributed by atoms with E-state index in [0.29, 0.717) is 6.42 Å². The molecule has 0 aromatic rings. The number of hydrogen-bond acceptors (Lipinski definition) is 16. The molecule has 0 aromatic carbocycles. The Labute approximate surface area is 463 Å². The molecule has 0 bridgehead atoms. The van der Waals surface area contributed by atoms with Gasteiger partial charge in [0.2, 0.25) is 59.1 Å². The van der Waals surface area contributed by atoms with E-state index < -0.39 is 139 Å². The van der Waals surface area contributed by atoms with Gasteiger partial charge in [-0.05, 0) is 88.1 Å². The number of nitrogens with two attached hydrogens (primary N) is 9. The van der Waals surface area contributed by atoms with E-state index in [-0.39, 0.29) is 106 Å². The third-order valence-electron chi connectivity index (χ3n) is 11.2. The first-order chi connectivity index (χ1) is 37.0. The molecule has 33 heteroatoms. The van der Waals surface area contributed by atoms with Crippen molar-refractivity contribution in [2.75, 3.05) is 38.2 Å². The summed E-state index contributed by atoms with van der Waals surface area (Å²) in [4.78, 5) is 157. The van der Waals surface area contributed by atoms with Crippen molar-refractivity contribution >= 4 is 94.7 Å². The van der Waals surface area contributed by atoms with Crippen LogP contribution in [0.4, 0.5) is 0 Å². The van der Waals surface area contributed by atoms with Crippen LogP contribution < -0.4 is 94.1 Å². The van der Waals surface area contributed by atoms with Crippen LogP contribution in [0, 0.1) is 11.8 Å². The maximum Gasteiger partial charge on any atom is 0.326 e. The average Bonchev–Trinajstić information content (AvgIpc) is 3.34. The van der Waals surface area contributed by atoms with Crippen LogP contribution in [0.3, 0.4) is 0 Å². The molecule has 448 valence electrons. The predicted molar refractivity (Wildman–Crippen MR) is 296 cm³/mol. The Balaban J connectivity index is 6.83. The Bertz CT molecular complexity index is 2140. The molecule has 0 aliphatic carbocycles. The Morgan fingerprint density at radius 1 is 0.456 bits per heavy atom. The smallest absolute Gasteiger partial charge is 0.326 e. The molecule has 32 nitrogen and oxygen atoms in total. The van der Waals surface area contributed by atoms with Gasteiger partial charge in [-0.25, -0.2) is 4.79 Å². The maximum atomic E-state index is 14.2. The summed E-state index contributed by atoms with van der Waals surface area (Å²) in [5, 5.41) is 29.3. The van der Waals surface area contributed by atoms with Crippen molar-refractivity contribution in [2.24, 2.45) is 78.4 Å². The SMILES string of the molecule is CSCC[C@H](NC(=O)[C@H](CCC(N)=O)NC(=O)[C@H](CC(N)=O)NC(=O)[C@H](CCCN=C(N)N)NC(=O)[C@H](CCCN=C(N)N)NC(=O)[C@H](CC(C)C)NC(=O)[C@@H](N)CC(C)C)C(=O)NCC(=O)N[C@@H](CCCN=C(N)N)C(=O)O. The quantitative estimate of drug-likeness (QED) is 0.0154. The molecule has 27 N–H and O–H groups in total. The molecule has 0 aromatic heterocycles. The topological polar surface area (TPSA) is 575 Å². The number of aliphatic carboxylic acids is 1. The number of hydrogen-bond donors (Lipinski definition) is 18. The normalized spacial score (nSPS) is 13.9. The van der Waals surface area contributed by atoms with Crippen LogP contribution in [-0.2, 0) is 52.7 Å². The van der Waals surface area contributed by atoms with Crippen LogP contribution >= 0.6 is 11.8 Å². The van der Waals surface area contributed by atoms with Gasteiger partial charge in [-0.1, -0.05) is 27.7 Å². The standard InChI is InChI=1S/C46H86N20O12S/c1-23(2)19-25(47)36(70)65-31(20-24(3)4)41(75)62-26(9-6-15-56-44(50)51)38(72)61-27(10-7-16-57-45(52)53)39(73)66-32(21-34(49)68)42(76)63-28(12-13-33(48)67)40(74)64-29(14-18-79-5)37(71)59-22-35(69)60-30(43(77)78)11-8-17-58-46(54)55/h23-32H,6-22,47H2,1-5H3,(H2,48,67)(H2,49,68)(H,59,71)(H,60,69)(H,61,72)(H,62,75)(H,63,76)(H,64,74)(H,65,70)(H,66,73)(H,77,78)(H4,50,51,56)(H4,52,53,57)(H4,54,55,58)/t25-,26-,27-,28-,29-,30-,31-,32-/m0/s1. The second-order valence-electron chi connectivity index (χ2n) is 19.2. The first kappa shape index (κ1) is 71.3. The number of carbonyl (C=O) groups is 11. The second-order valence-corrected chi connectivity index (χ2v) is 20.2. The number of primary amides is 2. The third kappa shape index (κ3) is 33.3. The lowest BCUT2D eigenvalue weighted by Crippen LogP contribution is -2.60. The molecule has 0 rings (SSSR count). The van der Waals surface area contributed by atoms with Gasteiger partial charge in [-0.2, -0.15) is 11.8 Å². The summed E-state index contributed by atoms with van der Waals surface area (Å²) in [5.74, 6) is -11.2. The first-order valence-electron chi connectivity index (χ1n) is 25.6. The van der Waals surface area contributed by atoms with Crippen LogP contribution in [0.25, 0.3) is 0 Å². The predicted octanol–water partition coefficient (Wildman–Crippen LogP) is -6.94. The van der Waals surface area contributed by atoms with Gasteiger partial charge in [0.1, 0.15) is 42.3 Å². The Morgan fingerprint density at radius 2 is 0.835 bits per heavy atom. The summed E-state index contributed by atoms with van der Waals surface area (Å²) in [6.07, 6.45) is 0.332. The lowest BCUT2D eigenvalue weighted by molar-refractivity contribution is -0.142. The summed E-state index contributed by atoms with van der Waals surface area (Å²) in [6, 6.07) is -11.2. The zero-order valence-corrected chi connectivity index (χ0v) is 46.5. The summed E-state index contributed by atoms with van der Waals surface area (Å²) in [5.41, 5.74) is 49.5. The summed E-state index contributed by atoms with van der Waals surface area (Å²) in [7, 11) is 0. The van der Waals surface area contributed by atoms with E-state index in [1.54, 1.807) is 6.26 Å². The van der Waals surface area contributed by atoms with Crippen LogP contribution in [-0.4, -0.2) is 175 Å². The summed E-state index contributed by atoms with van der Waals surface area (Å²) in [6.45, 7) is 6.74. The maximum absolute atomic E-state index is 14.2. The minimum absolute atomic E-state index is 0.0228. The fourth-order valence-electron chi connectivity index (χ4n) is 7.27. The molecule has 0 unspecified atom stereocenters. The van der Waals surface area contributed by atoms with Gasteiger partial charge in [-0.3, -0.25) is 62.9 Å². The highest BCUT2D eigenvalue weighted by molar-refractivity contribution is 7.98. The highest BCUT2D eigenvalue weighted by Gasteiger charge is 2.35. The van der Waals surface area contributed by atoms with Crippen molar-refractivity contribution in [3.8, 4) is 0 Å². The van der Waals surface area contributed by atoms with Gasteiger partial charge in [0.15, 0.2) is 17.9 Å². The van der Waals surface area contributed by atoms with Crippen molar-refractivity contribution < 1.29 is 57.8 Å². The molecule has 8 atom stereocenters. The number of carbonyl (C=O) groups excluding carboxylic acids is 10. The van der Waals surface area contributed by atoms with Crippen LogP contribution in [0.1, 0.15) is 105 Å². The zero-order chi connectivity index (χ0) is 60.4. The molecule has 0 spiro atoms. The molecule has 79 heavy (non-hydrogen) atoms. The number of aliphatic imine (C=N–C) groups is 3. The van der Waals surface area contributed by atoms with Gasteiger partial charge in [0.25, 0.3) is 0 Å². The molecular formula is C46H86N20O12S. The van der Waals surface area contributed by atoms with E-state index in [2.05, 4.69) is 57.5 Å². The monoisotopic (exact) mass is 1140 g/mol. The van der Waals surface area contributed by atoms with Gasteiger partial charge in [0.05, 0.1) is 19.0 Å². The van der Waals surface area contributed by atoms with Crippen molar-refractivity contribution in [2.45, 2.75) is 153 Å².